The molecule has 0 saturated heterocycles. The van der Waals surface area contributed by atoms with Gasteiger partial charge in [0.15, 0.2) is 0 Å². The van der Waals surface area contributed by atoms with Gasteiger partial charge in [0.1, 0.15) is 24.2 Å². The van der Waals surface area contributed by atoms with Gasteiger partial charge in [-0.25, -0.2) is 4.79 Å². The van der Waals surface area contributed by atoms with E-state index in [1.54, 1.807) is 32.9 Å². The van der Waals surface area contributed by atoms with Gasteiger partial charge in [0.25, 0.3) is 0 Å². The number of nitrogens with zero attached hydrogens (tertiary/aromatic N) is 2. The maximum atomic E-state index is 13.8. The van der Waals surface area contributed by atoms with Crippen LogP contribution in [0.1, 0.15) is 72.1 Å². The van der Waals surface area contributed by atoms with Crippen molar-refractivity contribution in [2.75, 3.05) is 6.54 Å². The fourth-order valence-corrected chi connectivity index (χ4v) is 3.38. The van der Waals surface area contributed by atoms with E-state index in [1.807, 2.05) is 52.8 Å². The molecule has 0 aromatic heterocycles. The van der Waals surface area contributed by atoms with Crippen LogP contribution in [0.15, 0.2) is 24.3 Å². The van der Waals surface area contributed by atoms with Gasteiger partial charge >= 0.3 is 6.09 Å². The molecule has 182 valence electrons. The van der Waals surface area contributed by atoms with Crippen molar-refractivity contribution in [2.24, 2.45) is 5.92 Å². The maximum absolute atomic E-state index is 13.8. The van der Waals surface area contributed by atoms with E-state index in [0.29, 0.717) is 12.0 Å². The average molecular weight is 459 g/mol. The number of nitrogens with one attached hydrogen (secondary N) is 2. The van der Waals surface area contributed by atoms with Crippen LogP contribution in [0.25, 0.3) is 0 Å². The largest absolute Gasteiger partial charge is 0.444 e. The molecular weight excluding hydrogens is 420 g/mol. The molecule has 8 nitrogen and oxygen atoms in total. The van der Waals surface area contributed by atoms with E-state index in [2.05, 4.69) is 10.6 Å². The Labute approximate surface area is 197 Å². The summed E-state index contributed by atoms with van der Waals surface area (Å²) in [4.78, 5) is 40.8. The molecule has 0 aliphatic rings. The summed E-state index contributed by atoms with van der Waals surface area (Å²) in [6.07, 6.45) is -0.128. The molecule has 0 fully saturated rings. The molecule has 0 aliphatic carbocycles. The summed E-state index contributed by atoms with van der Waals surface area (Å²) in [5, 5.41) is 15.1. The van der Waals surface area contributed by atoms with Gasteiger partial charge in [0.2, 0.25) is 11.8 Å². The molecule has 33 heavy (non-hydrogen) atoms. The topological polar surface area (TPSA) is 112 Å². The summed E-state index contributed by atoms with van der Waals surface area (Å²) in [6.45, 7) is 14.1. The highest BCUT2D eigenvalue weighted by Crippen LogP contribution is 2.27. The zero-order valence-electron chi connectivity index (χ0n) is 21.1. The van der Waals surface area contributed by atoms with E-state index >= 15 is 0 Å². The van der Waals surface area contributed by atoms with Crippen molar-refractivity contribution in [3.63, 3.8) is 0 Å². The van der Waals surface area contributed by atoms with Crippen molar-refractivity contribution in [3.05, 3.63) is 35.4 Å². The van der Waals surface area contributed by atoms with Crippen molar-refractivity contribution < 1.29 is 19.1 Å². The lowest BCUT2D eigenvalue weighted by Crippen LogP contribution is -2.55. The van der Waals surface area contributed by atoms with Gasteiger partial charge < -0.3 is 20.3 Å². The lowest BCUT2D eigenvalue weighted by molar-refractivity contribution is -0.143. The first-order chi connectivity index (χ1) is 15.3. The third-order valence-electron chi connectivity index (χ3n) is 5.15. The van der Waals surface area contributed by atoms with Crippen molar-refractivity contribution in [2.45, 2.75) is 85.5 Å². The van der Waals surface area contributed by atoms with Crippen LogP contribution in [0.5, 0.6) is 0 Å². The predicted molar refractivity (Wildman–Crippen MR) is 127 cm³/mol. The van der Waals surface area contributed by atoms with E-state index in [0.717, 1.165) is 5.56 Å². The summed E-state index contributed by atoms with van der Waals surface area (Å²) in [7, 11) is 0. The first-order valence-corrected chi connectivity index (χ1v) is 11.3. The van der Waals surface area contributed by atoms with Crippen LogP contribution < -0.4 is 10.6 Å². The third kappa shape index (κ3) is 8.41. The van der Waals surface area contributed by atoms with Gasteiger partial charge in [-0.1, -0.05) is 44.5 Å². The molecule has 0 spiro atoms. The summed E-state index contributed by atoms with van der Waals surface area (Å²) in [6, 6.07) is 7.13. The fraction of sp³-hybridized carbons (Fsp3) is 0.600. The molecule has 0 aliphatic heterocycles. The summed E-state index contributed by atoms with van der Waals surface area (Å²) in [5.41, 5.74) is 0.706. The summed E-state index contributed by atoms with van der Waals surface area (Å²) >= 11 is 0. The predicted octanol–water partition coefficient (Wildman–Crippen LogP) is 3.85. The number of ether oxygens (including phenoxy) is 1. The first kappa shape index (κ1) is 28.0. The van der Waals surface area contributed by atoms with E-state index in [1.165, 1.54) is 4.90 Å². The number of carbonyl (C=O) groups excluding carboxylic acids is 3. The Morgan fingerprint density at radius 1 is 1.12 bits per heavy atom. The van der Waals surface area contributed by atoms with Gasteiger partial charge in [-0.05, 0) is 58.6 Å². The van der Waals surface area contributed by atoms with Crippen LogP contribution in [0.3, 0.4) is 0 Å². The zero-order chi connectivity index (χ0) is 25.3. The van der Waals surface area contributed by atoms with Crippen LogP contribution in [-0.2, 0) is 14.3 Å². The number of hydrogen-bond acceptors (Lipinski definition) is 5. The molecule has 1 rings (SSSR count). The molecule has 3 amide bonds. The van der Waals surface area contributed by atoms with Gasteiger partial charge in [-0.15, -0.1) is 0 Å². The minimum atomic E-state index is -1.02. The third-order valence-corrected chi connectivity index (χ3v) is 5.15. The lowest BCUT2D eigenvalue weighted by atomic mass is 9.94. The Kier molecular flexibility index (Phi) is 10.4. The molecule has 2 N–H and O–H groups in total. The standard InChI is InChI=1S/C25H38N4O4/c1-9-17(4)20(28-24(32)33-25(6,7)8)23(31)29(15-14-26)21(22(30)27-16(2)3)19-13-11-10-12-18(19)5/h10-13,16-17,20-21H,9,15H2,1-8H3,(H,27,30)(H,28,32). The van der Waals surface area contributed by atoms with Crippen LogP contribution in [-0.4, -0.2) is 47.0 Å². The molecule has 0 heterocycles. The normalized spacial score (nSPS) is 13.9. The second kappa shape index (κ2) is 12.2. The number of carbonyl (C=O) groups is 3. The molecular formula is C25H38N4O4. The summed E-state index contributed by atoms with van der Waals surface area (Å²) in [5.74, 6) is -1.15. The van der Waals surface area contributed by atoms with Crippen molar-refractivity contribution in [1.29, 1.82) is 5.26 Å². The molecule has 1 aromatic carbocycles. The molecule has 3 atom stereocenters. The van der Waals surface area contributed by atoms with E-state index < -0.39 is 29.7 Å². The number of nitriles is 1. The van der Waals surface area contributed by atoms with Gasteiger partial charge in [0, 0.05) is 6.04 Å². The second-order valence-electron chi connectivity index (χ2n) is 9.56. The van der Waals surface area contributed by atoms with Crippen LogP contribution in [0.2, 0.25) is 0 Å². The van der Waals surface area contributed by atoms with E-state index in [9.17, 15) is 19.6 Å². The number of alkyl carbamates (subject to hydrolysis) is 1. The molecule has 0 saturated carbocycles. The monoisotopic (exact) mass is 458 g/mol. The van der Waals surface area contributed by atoms with Crippen molar-refractivity contribution >= 4 is 17.9 Å². The van der Waals surface area contributed by atoms with Gasteiger partial charge in [-0.3, -0.25) is 9.59 Å². The van der Waals surface area contributed by atoms with E-state index in [-0.39, 0.29) is 24.4 Å². The van der Waals surface area contributed by atoms with Gasteiger partial charge in [0.05, 0.1) is 6.07 Å². The smallest absolute Gasteiger partial charge is 0.408 e. The minimum Gasteiger partial charge on any atom is -0.444 e. The SMILES string of the molecule is CCC(C)C(NC(=O)OC(C)(C)C)C(=O)N(CC#N)C(C(=O)NC(C)C)c1ccccc1C. The zero-order valence-corrected chi connectivity index (χ0v) is 21.1. The number of hydrogen-bond donors (Lipinski definition) is 2. The lowest BCUT2D eigenvalue weighted by Gasteiger charge is -2.35. The highest BCUT2D eigenvalue weighted by molar-refractivity contribution is 5.92. The molecule has 3 unspecified atom stereocenters. The van der Waals surface area contributed by atoms with Crippen molar-refractivity contribution in [3.8, 4) is 6.07 Å². The van der Waals surface area contributed by atoms with Gasteiger partial charge in [-0.2, -0.15) is 5.26 Å². The Bertz CT molecular complexity index is 870. The molecule has 8 heteroatoms. The van der Waals surface area contributed by atoms with Crippen LogP contribution in [0.4, 0.5) is 4.79 Å². The number of benzene rings is 1. The van der Waals surface area contributed by atoms with Crippen LogP contribution in [0, 0.1) is 24.2 Å². The second-order valence-corrected chi connectivity index (χ2v) is 9.56. The maximum Gasteiger partial charge on any atom is 0.408 e. The molecule has 1 aromatic rings. The van der Waals surface area contributed by atoms with E-state index in [4.69, 9.17) is 4.74 Å². The highest BCUT2D eigenvalue weighted by Gasteiger charge is 2.38. The number of rotatable bonds is 9. The Balaban J connectivity index is 3.48. The summed E-state index contributed by atoms with van der Waals surface area (Å²) < 4.78 is 5.35. The highest BCUT2D eigenvalue weighted by atomic mass is 16.6. The number of aryl methyl sites for hydroxylation is 1. The first-order valence-electron chi connectivity index (χ1n) is 11.3. The molecule has 0 radical (unpaired) electrons. The molecule has 0 bridgehead atoms. The fourth-order valence-electron chi connectivity index (χ4n) is 3.38. The van der Waals surface area contributed by atoms with Crippen LogP contribution >= 0.6 is 0 Å². The van der Waals surface area contributed by atoms with Crippen molar-refractivity contribution in [1.82, 2.24) is 15.5 Å². The quantitative estimate of drug-likeness (QED) is 0.546. The number of amides is 3. The Morgan fingerprint density at radius 3 is 2.21 bits per heavy atom. The minimum absolute atomic E-state index is 0.159. The Hall–Kier alpha value is -3.08. The Morgan fingerprint density at radius 2 is 1.73 bits per heavy atom. The average Bonchev–Trinajstić information content (AvgIpc) is 2.70.